The zero-order valence-corrected chi connectivity index (χ0v) is 11.9. The van der Waals surface area contributed by atoms with Gasteiger partial charge in [0.1, 0.15) is 6.04 Å². The summed E-state index contributed by atoms with van der Waals surface area (Å²) >= 11 is 0. The molecule has 0 spiro atoms. The van der Waals surface area contributed by atoms with E-state index in [1.807, 2.05) is 0 Å². The molecule has 1 heterocycles. The Morgan fingerprint density at radius 2 is 1.75 bits per heavy atom. The van der Waals surface area contributed by atoms with Gasteiger partial charge in [0.25, 0.3) is 0 Å². The molecule has 2 aliphatic carbocycles. The van der Waals surface area contributed by atoms with Gasteiger partial charge in [-0.15, -0.1) is 0 Å². The quantitative estimate of drug-likeness (QED) is 0.803. The number of carbonyl (C=O) groups is 2. The number of rotatable bonds is 3. The SMILES string of the molecule is O=C(N[C@@H]1CCCC[C@H]1O)C1CCCN1C(=O)C1CC1. The summed E-state index contributed by atoms with van der Waals surface area (Å²) in [4.78, 5) is 26.3. The van der Waals surface area contributed by atoms with Crippen LogP contribution in [0.15, 0.2) is 0 Å². The minimum Gasteiger partial charge on any atom is -0.391 e. The molecule has 3 fully saturated rings. The Bertz CT molecular complexity index is 395. The largest absolute Gasteiger partial charge is 0.391 e. The Hall–Kier alpha value is -1.10. The van der Waals surface area contributed by atoms with Crippen LogP contribution in [0, 0.1) is 5.92 Å². The average Bonchev–Trinajstić information content (AvgIpc) is 3.17. The molecule has 2 saturated carbocycles. The van der Waals surface area contributed by atoms with Gasteiger partial charge in [-0.05, 0) is 38.5 Å². The molecule has 1 unspecified atom stereocenters. The van der Waals surface area contributed by atoms with Crippen LogP contribution < -0.4 is 5.32 Å². The van der Waals surface area contributed by atoms with Crippen molar-refractivity contribution in [3.8, 4) is 0 Å². The lowest BCUT2D eigenvalue weighted by Crippen LogP contribution is -2.52. The van der Waals surface area contributed by atoms with Gasteiger partial charge in [0.05, 0.1) is 12.1 Å². The maximum absolute atomic E-state index is 12.4. The number of likely N-dealkylation sites (tertiary alicyclic amines) is 1. The highest BCUT2D eigenvalue weighted by molar-refractivity contribution is 5.90. The van der Waals surface area contributed by atoms with E-state index in [9.17, 15) is 14.7 Å². The predicted molar refractivity (Wildman–Crippen MR) is 73.9 cm³/mol. The number of aliphatic hydroxyl groups is 1. The summed E-state index contributed by atoms with van der Waals surface area (Å²) in [7, 11) is 0. The number of aliphatic hydroxyl groups excluding tert-OH is 1. The highest BCUT2D eigenvalue weighted by Crippen LogP contribution is 2.33. The molecule has 0 aromatic rings. The molecule has 3 aliphatic rings. The van der Waals surface area contributed by atoms with Crippen molar-refractivity contribution in [3.05, 3.63) is 0 Å². The molecular weight excluding hydrogens is 256 g/mol. The molecule has 20 heavy (non-hydrogen) atoms. The zero-order valence-electron chi connectivity index (χ0n) is 11.9. The van der Waals surface area contributed by atoms with E-state index in [0.717, 1.165) is 51.4 Å². The summed E-state index contributed by atoms with van der Waals surface area (Å²) in [5.74, 6) is 0.262. The average molecular weight is 280 g/mol. The van der Waals surface area contributed by atoms with Crippen molar-refractivity contribution < 1.29 is 14.7 Å². The minimum absolute atomic E-state index is 0.0672. The second kappa shape index (κ2) is 5.72. The first-order chi connectivity index (χ1) is 9.66. The lowest BCUT2D eigenvalue weighted by Gasteiger charge is -2.31. The van der Waals surface area contributed by atoms with Crippen molar-refractivity contribution >= 4 is 11.8 Å². The molecule has 0 bridgehead atoms. The molecule has 2 amide bonds. The topological polar surface area (TPSA) is 69.6 Å². The number of nitrogens with one attached hydrogen (secondary N) is 1. The van der Waals surface area contributed by atoms with Gasteiger partial charge in [0, 0.05) is 12.5 Å². The Labute approximate surface area is 119 Å². The Balaban J connectivity index is 1.59. The van der Waals surface area contributed by atoms with Crippen LogP contribution in [0.25, 0.3) is 0 Å². The van der Waals surface area contributed by atoms with Gasteiger partial charge in [0.2, 0.25) is 11.8 Å². The summed E-state index contributed by atoms with van der Waals surface area (Å²) in [5.41, 5.74) is 0. The predicted octanol–water partition coefficient (Wildman–Crippen LogP) is 0.807. The summed E-state index contributed by atoms with van der Waals surface area (Å²) in [6.07, 6.45) is 6.88. The third-order valence-corrected chi connectivity index (χ3v) is 4.82. The summed E-state index contributed by atoms with van der Waals surface area (Å²) in [6.45, 7) is 0.709. The van der Waals surface area contributed by atoms with Crippen molar-refractivity contribution in [3.63, 3.8) is 0 Å². The van der Waals surface area contributed by atoms with Crippen LogP contribution in [0.2, 0.25) is 0 Å². The van der Waals surface area contributed by atoms with E-state index >= 15 is 0 Å². The van der Waals surface area contributed by atoms with Crippen molar-refractivity contribution in [1.29, 1.82) is 0 Å². The van der Waals surface area contributed by atoms with Crippen LogP contribution in [0.1, 0.15) is 51.4 Å². The second-order valence-corrected chi connectivity index (χ2v) is 6.43. The molecule has 1 aliphatic heterocycles. The third kappa shape index (κ3) is 2.82. The van der Waals surface area contributed by atoms with Crippen molar-refractivity contribution in [1.82, 2.24) is 10.2 Å². The number of carbonyl (C=O) groups excluding carboxylic acids is 2. The van der Waals surface area contributed by atoms with Gasteiger partial charge in [-0.1, -0.05) is 12.8 Å². The van der Waals surface area contributed by atoms with Crippen LogP contribution >= 0.6 is 0 Å². The molecule has 0 aromatic carbocycles. The molecule has 2 N–H and O–H groups in total. The molecule has 3 rings (SSSR count). The van der Waals surface area contributed by atoms with E-state index < -0.39 is 6.10 Å². The van der Waals surface area contributed by atoms with Gasteiger partial charge in [0.15, 0.2) is 0 Å². The Morgan fingerprint density at radius 1 is 1.00 bits per heavy atom. The molecule has 3 atom stereocenters. The van der Waals surface area contributed by atoms with Gasteiger partial charge in [-0.3, -0.25) is 9.59 Å². The molecule has 0 aromatic heterocycles. The van der Waals surface area contributed by atoms with Crippen molar-refractivity contribution in [2.75, 3.05) is 6.54 Å². The van der Waals surface area contributed by atoms with Crippen LogP contribution in [-0.4, -0.2) is 46.6 Å². The first kappa shape index (κ1) is 13.9. The number of amides is 2. The van der Waals surface area contributed by atoms with Gasteiger partial charge >= 0.3 is 0 Å². The second-order valence-electron chi connectivity index (χ2n) is 6.43. The van der Waals surface area contributed by atoms with E-state index in [4.69, 9.17) is 0 Å². The van der Waals surface area contributed by atoms with E-state index in [-0.39, 0.29) is 29.8 Å². The minimum atomic E-state index is -0.429. The van der Waals surface area contributed by atoms with Gasteiger partial charge in [-0.25, -0.2) is 0 Å². The number of hydrogen-bond donors (Lipinski definition) is 2. The van der Waals surface area contributed by atoms with E-state index in [0.29, 0.717) is 6.54 Å². The first-order valence-electron chi connectivity index (χ1n) is 7.96. The first-order valence-corrected chi connectivity index (χ1v) is 7.96. The molecule has 1 saturated heterocycles. The van der Waals surface area contributed by atoms with E-state index in [1.165, 1.54) is 0 Å². The molecule has 5 heteroatoms. The fourth-order valence-corrected chi connectivity index (χ4v) is 3.43. The van der Waals surface area contributed by atoms with Gasteiger partial charge < -0.3 is 15.3 Å². The molecule has 112 valence electrons. The zero-order chi connectivity index (χ0) is 14.1. The fourth-order valence-electron chi connectivity index (χ4n) is 3.43. The van der Waals surface area contributed by atoms with Crippen molar-refractivity contribution in [2.24, 2.45) is 5.92 Å². The standard InChI is InChI=1S/C15H24N2O3/c18-13-6-2-1-4-11(13)16-14(19)12-5-3-9-17(12)15(20)10-7-8-10/h10-13,18H,1-9H2,(H,16,19)/t11-,12?,13-/m1/s1. The van der Waals surface area contributed by atoms with Gasteiger partial charge in [-0.2, -0.15) is 0 Å². The number of hydrogen-bond acceptors (Lipinski definition) is 3. The lowest BCUT2D eigenvalue weighted by molar-refractivity contribution is -0.140. The maximum atomic E-state index is 12.4. The smallest absolute Gasteiger partial charge is 0.243 e. The van der Waals surface area contributed by atoms with Crippen LogP contribution in [-0.2, 0) is 9.59 Å². The van der Waals surface area contributed by atoms with E-state index in [2.05, 4.69) is 5.32 Å². The highest BCUT2D eigenvalue weighted by Gasteiger charge is 2.41. The number of nitrogens with zero attached hydrogens (tertiary/aromatic N) is 1. The summed E-state index contributed by atoms with van der Waals surface area (Å²) in [6, 6.07) is -0.438. The normalized spacial score (nSPS) is 34.0. The molecule has 5 nitrogen and oxygen atoms in total. The third-order valence-electron chi connectivity index (χ3n) is 4.82. The maximum Gasteiger partial charge on any atom is 0.243 e. The van der Waals surface area contributed by atoms with Crippen molar-refractivity contribution in [2.45, 2.75) is 69.6 Å². The monoisotopic (exact) mass is 280 g/mol. The fraction of sp³-hybridized carbons (Fsp3) is 0.867. The van der Waals surface area contributed by atoms with Crippen LogP contribution in [0.4, 0.5) is 0 Å². The summed E-state index contributed by atoms with van der Waals surface area (Å²) in [5, 5.41) is 12.9. The summed E-state index contributed by atoms with van der Waals surface area (Å²) < 4.78 is 0. The Morgan fingerprint density at radius 3 is 2.45 bits per heavy atom. The Kier molecular flexibility index (Phi) is 3.96. The highest BCUT2D eigenvalue weighted by atomic mass is 16.3. The lowest BCUT2D eigenvalue weighted by atomic mass is 9.92. The molecular formula is C15H24N2O3. The van der Waals surface area contributed by atoms with Crippen LogP contribution in [0.3, 0.4) is 0 Å². The van der Waals surface area contributed by atoms with Crippen LogP contribution in [0.5, 0.6) is 0 Å². The molecule has 0 radical (unpaired) electrons. The van der Waals surface area contributed by atoms with E-state index in [1.54, 1.807) is 4.90 Å².